The number of para-hydroxylation sites is 1. The minimum Gasteiger partial charge on any atom is -0.495 e. The number of benzene rings is 1. The normalized spacial score (nSPS) is 14.5. The number of pyridine rings is 1. The van der Waals surface area contributed by atoms with Crippen molar-refractivity contribution in [2.75, 3.05) is 33.3 Å². The SMILES string of the molecule is COc1c(C(N)=O)c(CC(=O)N2CCN(C(=O)OC(Cl)(Cl)Cl)CC2)nc2ccccc12. The predicted molar refractivity (Wildman–Crippen MR) is 115 cm³/mol. The van der Waals surface area contributed by atoms with E-state index in [0.717, 1.165) is 0 Å². The number of rotatable bonds is 4. The Morgan fingerprint density at radius 1 is 1.10 bits per heavy atom. The maximum absolute atomic E-state index is 12.9. The lowest BCUT2D eigenvalue weighted by atomic mass is 10.0. The number of amides is 3. The quantitative estimate of drug-likeness (QED) is 0.660. The number of fused-ring (bicyclic) bond motifs is 1. The number of ether oxygens (including phenoxy) is 2. The van der Waals surface area contributed by atoms with E-state index in [4.69, 9.17) is 45.3 Å². The number of piperazine rings is 1. The summed E-state index contributed by atoms with van der Waals surface area (Å²) in [6.45, 7) is 0.875. The van der Waals surface area contributed by atoms with E-state index >= 15 is 0 Å². The third kappa shape index (κ3) is 5.41. The molecule has 0 bridgehead atoms. The minimum absolute atomic E-state index is 0.0689. The first kappa shape index (κ1) is 23.2. The summed E-state index contributed by atoms with van der Waals surface area (Å²) in [6.07, 6.45) is -0.943. The highest BCUT2D eigenvalue weighted by Crippen LogP contribution is 2.31. The van der Waals surface area contributed by atoms with E-state index in [1.54, 1.807) is 29.2 Å². The standard InChI is InChI=1S/C19H19Cl3N4O5/c1-30-16-11-4-2-3-5-12(11)24-13(15(16)17(23)28)10-14(27)25-6-8-26(9-7-25)18(29)31-19(20,21)22/h2-5H,6-10H2,1H3,(H2,23,28). The van der Waals surface area contributed by atoms with E-state index in [2.05, 4.69) is 9.72 Å². The van der Waals surface area contributed by atoms with Crippen LogP contribution in [0.3, 0.4) is 0 Å². The lowest BCUT2D eigenvalue weighted by Gasteiger charge is -2.34. The lowest BCUT2D eigenvalue weighted by molar-refractivity contribution is -0.132. The zero-order chi connectivity index (χ0) is 22.8. The topological polar surface area (TPSA) is 115 Å². The maximum Gasteiger partial charge on any atom is 0.413 e. The van der Waals surface area contributed by atoms with Crippen LogP contribution in [0.2, 0.25) is 0 Å². The van der Waals surface area contributed by atoms with Gasteiger partial charge in [-0.1, -0.05) is 12.1 Å². The number of carbonyl (C=O) groups excluding carboxylic acids is 3. The van der Waals surface area contributed by atoms with Gasteiger partial charge in [-0.05, 0) is 46.9 Å². The Labute approximate surface area is 192 Å². The Kier molecular flexibility index (Phi) is 6.98. The summed E-state index contributed by atoms with van der Waals surface area (Å²) in [5.74, 6) is -0.737. The van der Waals surface area contributed by atoms with Crippen molar-refractivity contribution in [2.24, 2.45) is 5.73 Å². The van der Waals surface area contributed by atoms with Crippen molar-refractivity contribution in [2.45, 2.75) is 10.4 Å². The van der Waals surface area contributed by atoms with Gasteiger partial charge in [0.1, 0.15) is 11.3 Å². The van der Waals surface area contributed by atoms with E-state index in [9.17, 15) is 14.4 Å². The molecule has 12 heteroatoms. The van der Waals surface area contributed by atoms with Crippen LogP contribution in [0.25, 0.3) is 10.9 Å². The van der Waals surface area contributed by atoms with Crippen molar-refractivity contribution in [3.05, 3.63) is 35.5 Å². The minimum atomic E-state index is -2.16. The first-order valence-electron chi connectivity index (χ1n) is 9.18. The second-order valence-corrected chi connectivity index (χ2v) is 8.88. The molecule has 2 heterocycles. The molecule has 0 aliphatic carbocycles. The molecule has 1 saturated heterocycles. The molecule has 1 aliphatic heterocycles. The number of hydrogen-bond acceptors (Lipinski definition) is 6. The molecule has 1 aromatic heterocycles. The molecule has 3 amide bonds. The summed E-state index contributed by atoms with van der Waals surface area (Å²) < 4.78 is 7.94. The van der Waals surface area contributed by atoms with Gasteiger partial charge in [0.05, 0.1) is 24.7 Å². The van der Waals surface area contributed by atoms with Gasteiger partial charge < -0.3 is 25.0 Å². The number of carbonyl (C=O) groups is 3. The van der Waals surface area contributed by atoms with Crippen LogP contribution in [0, 0.1) is 0 Å². The number of primary amides is 1. The molecule has 31 heavy (non-hydrogen) atoms. The van der Waals surface area contributed by atoms with Gasteiger partial charge in [-0.2, -0.15) is 0 Å². The molecule has 1 aromatic carbocycles. The summed E-state index contributed by atoms with van der Waals surface area (Å²) in [4.78, 5) is 44.3. The number of hydrogen-bond donors (Lipinski definition) is 1. The molecule has 0 radical (unpaired) electrons. The van der Waals surface area contributed by atoms with Gasteiger partial charge in [0.15, 0.2) is 0 Å². The third-order valence-electron chi connectivity index (χ3n) is 4.78. The number of methoxy groups -OCH3 is 1. The van der Waals surface area contributed by atoms with Crippen LogP contribution in [-0.2, 0) is 16.0 Å². The van der Waals surface area contributed by atoms with Crippen LogP contribution >= 0.6 is 34.8 Å². The number of alkyl halides is 3. The van der Waals surface area contributed by atoms with Gasteiger partial charge in [0.2, 0.25) is 5.91 Å². The first-order valence-corrected chi connectivity index (χ1v) is 10.3. The second-order valence-electron chi connectivity index (χ2n) is 6.71. The summed E-state index contributed by atoms with van der Waals surface area (Å²) >= 11 is 16.4. The van der Waals surface area contributed by atoms with Crippen molar-refractivity contribution < 1.29 is 23.9 Å². The van der Waals surface area contributed by atoms with Gasteiger partial charge in [0.25, 0.3) is 5.91 Å². The van der Waals surface area contributed by atoms with E-state index in [0.29, 0.717) is 10.9 Å². The zero-order valence-corrected chi connectivity index (χ0v) is 18.7. The van der Waals surface area contributed by atoms with Gasteiger partial charge in [-0.3, -0.25) is 14.6 Å². The highest BCUT2D eigenvalue weighted by molar-refractivity contribution is 6.66. The van der Waals surface area contributed by atoms with Crippen molar-refractivity contribution in [3.63, 3.8) is 0 Å². The summed E-state index contributed by atoms with van der Waals surface area (Å²) in [7, 11) is 1.43. The molecular weight excluding hydrogens is 471 g/mol. The van der Waals surface area contributed by atoms with Crippen molar-refractivity contribution in [3.8, 4) is 5.75 Å². The monoisotopic (exact) mass is 488 g/mol. The lowest BCUT2D eigenvalue weighted by Crippen LogP contribution is -2.51. The Balaban J connectivity index is 1.76. The molecule has 2 aromatic rings. The van der Waals surface area contributed by atoms with Gasteiger partial charge >= 0.3 is 10.1 Å². The average Bonchev–Trinajstić information content (AvgIpc) is 2.71. The van der Waals surface area contributed by atoms with Crippen molar-refractivity contribution >= 4 is 63.6 Å². The smallest absolute Gasteiger partial charge is 0.413 e. The van der Waals surface area contributed by atoms with Crippen molar-refractivity contribution in [1.82, 2.24) is 14.8 Å². The summed E-state index contributed by atoms with van der Waals surface area (Å²) in [5, 5.41) is 0.621. The third-order valence-corrected chi connectivity index (χ3v) is 5.01. The number of nitrogens with two attached hydrogens (primary N) is 1. The predicted octanol–water partition coefficient (Wildman–Crippen LogP) is 2.49. The number of nitrogens with zero attached hydrogens (tertiary/aromatic N) is 3. The van der Waals surface area contributed by atoms with Crippen molar-refractivity contribution in [1.29, 1.82) is 0 Å². The Morgan fingerprint density at radius 2 is 1.71 bits per heavy atom. The number of aromatic nitrogens is 1. The van der Waals surface area contributed by atoms with E-state index in [1.807, 2.05) is 0 Å². The van der Waals surface area contributed by atoms with Gasteiger partial charge in [-0.15, -0.1) is 0 Å². The maximum atomic E-state index is 12.9. The van der Waals surface area contributed by atoms with E-state index in [-0.39, 0.29) is 55.5 Å². The molecule has 2 N–H and O–H groups in total. The van der Waals surface area contributed by atoms with Crippen LogP contribution in [0.15, 0.2) is 24.3 Å². The molecule has 3 rings (SSSR count). The highest BCUT2D eigenvalue weighted by atomic mass is 35.6. The Hall–Kier alpha value is -2.49. The summed E-state index contributed by atoms with van der Waals surface area (Å²) in [6, 6.07) is 7.09. The van der Waals surface area contributed by atoms with Crippen LogP contribution in [-0.4, -0.2) is 70.0 Å². The number of halogens is 3. The molecule has 0 atom stereocenters. The fourth-order valence-corrected chi connectivity index (χ4v) is 3.58. The molecule has 0 unspecified atom stereocenters. The van der Waals surface area contributed by atoms with Crippen LogP contribution < -0.4 is 10.5 Å². The Morgan fingerprint density at radius 3 is 2.29 bits per heavy atom. The summed E-state index contributed by atoms with van der Waals surface area (Å²) in [5.41, 5.74) is 6.44. The molecular formula is C19H19Cl3N4O5. The highest BCUT2D eigenvalue weighted by Gasteiger charge is 2.32. The first-order chi connectivity index (χ1) is 14.6. The fraction of sp³-hybridized carbons (Fsp3) is 0.368. The largest absolute Gasteiger partial charge is 0.495 e. The molecule has 1 aliphatic rings. The molecule has 9 nitrogen and oxygen atoms in total. The molecule has 0 saturated carbocycles. The van der Waals surface area contributed by atoms with Crippen LogP contribution in [0.5, 0.6) is 5.75 Å². The molecule has 0 spiro atoms. The van der Waals surface area contributed by atoms with Gasteiger partial charge in [0, 0.05) is 31.6 Å². The van der Waals surface area contributed by atoms with Crippen LogP contribution in [0.4, 0.5) is 4.79 Å². The zero-order valence-electron chi connectivity index (χ0n) is 16.4. The average molecular weight is 490 g/mol. The second kappa shape index (κ2) is 9.33. The molecule has 1 fully saturated rings. The van der Waals surface area contributed by atoms with Gasteiger partial charge in [-0.25, -0.2) is 4.79 Å². The van der Waals surface area contributed by atoms with E-state index < -0.39 is 16.0 Å². The Bertz CT molecular complexity index is 1020. The fourth-order valence-electron chi connectivity index (χ4n) is 3.38. The van der Waals surface area contributed by atoms with Crippen LogP contribution in [0.1, 0.15) is 16.1 Å². The van der Waals surface area contributed by atoms with E-state index in [1.165, 1.54) is 12.0 Å². The molecule has 166 valence electrons.